The minimum absolute atomic E-state index is 0.746. The number of benzene rings is 1. The van der Waals surface area contributed by atoms with Crippen LogP contribution in [0.4, 0.5) is 0 Å². The van der Waals surface area contributed by atoms with Crippen LogP contribution in [-0.4, -0.2) is 0 Å². The van der Waals surface area contributed by atoms with E-state index in [0.717, 1.165) is 12.4 Å². The van der Waals surface area contributed by atoms with Crippen molar-refractivity contribution in [1.82, 2.24) is 0 Å². The lowest BCUT2D eigenvalue weighted by Gasteiger charge is -2.18. The van der Waals surface area contributed by atoms with E-state index in [9.17, 15) is 0 Å². The molecule has 1 aliphatic heterocycles. The SMILES string of the molecule is [c]1cccc2c1CO2. The summed E-state index contributed by atoms with van der Waals surface area (Å²) in [5.41, 5.74) is 1.20. The molecule has 0 saturated heterocycles. The summed E-state index contributed by atoms with van der Waals surface area (Å²) in [6, 6.07) is 8.85. The van der Waals surface area contributed by atoms with Gasteiger partial charge in [-0.05, 0) is 12.1 Å². The van der Waals surface area contributed by atoms with Gasteiger partial charge in [-0.25, -0.2) is 0 Å². The summed E-state index contributed by atoms with van der Waals surface area (Å²) in [4.78, 5) is 0. The third kappa shape index (κ3) is 0.360. The average Bonchev–Trinajstić information content (AvgIpc) is 1.72. The van der Waals surface area contributed by atoms with Gasteiger partial charge in [-0.3, -0.25) is 0 Å². The first-order valence-corrected chi connectivity index (χ1v) is 2.59. The van der Waals surface area contributed by atoms with Gasteiger partial charge in [0.15, 0.2) is 0 Å². The molecular weight excluding hydrogens is 100 g/mol. The lowest BCUT2D eigenvalue weighted by atomic mass is 10.1. The molecule has 1 heteroatoms. The highest BCUT2D eigenvalue weighted by molar-refractivity contribution is 5.36. The van der Waals surface area contributed by atoms with Crippen LogP contribution in [-0.2, 0) is 6.61 Å². The molecule has 0 aliphatic carbocycles. The Labute approximate surface area is 47.9 Å². The summed E-state index contributed by atoms with van der Waals surface area (Å²) >= 11 is 0. The van der Waals surface area contributed by atoms with Gasteiger partial charge < -0.3 is 4.74 Å². The molecule has 0 N–H and O–H groups in total. The van der Waals surface area contributed by atoms with E-state index in [2.05, 4.69) is 6.07 Å². The van der Waals surface area contributed by atoms with E-state index in [1.165, 1.54) is 5.56 Å². The zero-order valence-corrected chi connectivity index (χ0v) is 4.35. The van der Waals surface area contributed by atoms with Crippen molar-refractivity contribution >= 4 is 0 Å². The summed E-state index contributed by atoms with van der Waals surface area (Å²) in [5, 5.41) is 0. The fourth-order valence-electron chi connectivity index (χ4n) is 0.773. The molecule has 0 unspecified atom stereocenters. The number of hydrogen-bond acceptors (Lipinski definition) is 1. The second kappa shape index (κ2) is 1.25. The Hall–Kier alpha value is -0.980. The van der Waals surface area contributed by atoms with Crippen LogP contribution in [0.5, 0.6) is 5.75 Å². The average molecular weight is 105 g/mol. The zero-order chi connectivity index (χ0) is 5.40. The molecule has 1 nitrogen and oxygen atoms in total. The minimum atomic E-state index is 0.746. The largest absolute Gasteiger partial charge is 0.488 e. The number of ether oxygens (including phenoxy) is 1. The summed E-state index contributed by atoms with van der Waals surface area (Å²) in [5.74, 6) is 0.993. The summed E-state index contributed by atoms with van der Waals surface area (Å²) < 4.78 is 5.04. The van der Waals surface area contributed by atoms with Crippen LogP contribution in [0.3, 0.4) is 0 Å². The smallest absolute Gasteiger partial charge is 0.127 e. The molecule has 0 aromatic heterocycles. The molecule has 8 heavy (non-hydrogen) atoms. The molecule has 1 radical (unpaired) electrons. The summed E-state index contributed by atoms with van der Waals surface area (Å²) in [6.45, 7) is 0.746. The third-order valence-corrected chi connectivity index (χ3v) is 1.27. The van der Waals surface area contributed by atoms with Crippen molar-refractivity contribution < 1.29 is 4.74 Å². The van der Waals surface area contributed by atoms with Crippen molar-refractivity contribution in [2.24, 2.45) is 0 Å². The Morgan fingerprint density at radius 2 is 2.62 bits per heavy atom. The van der Waals surface area contributed by atoms with Gasteiger partial charge in [0.05, 0.1) is 0 Å². The number of fused-ring (bicyclic) bond motifs is 1. The van der Waals surface area contributed by atoms with E-state index in [1.807, 2.05) is 18.2 Å². The summed E-state index contributed by atoms with van der Waals surface area (Å²) in [7, 11) is 0. The molecule has 0 saturated carbocycles. The Kier molecular flexibility index (Phi) is 0.618. The molecule has 39 valence electrons. The predicted molar refractivity (Wildman–Crippen MR) is 29.6 cm³/mol. The minimum Gasteiger partial charge on any atom is -0.488 e. The standard InChI is InChI=1S/C7H5O/c1-2-4-7-6(3-1)5-8-7/h1-2,4H,5H2. The quantitative estimate of drug-likeness (QED) is 0.484. The predicted octanol–water partition coefficient (Wildman–Crippen LogP) is 1.38. The normalized spacial score (nSPS) is 13.5. The maximum Gasteiger partial charge on any atom is 0.127 e. The van der Waals surface area contributed by atoms with Crippen LogP contribution >= 0.6 is 0 Å². The molecule has 1 aliphatic rings. The van der Waals surface area contributed by atoms with Crippen molar-refractivity contribution in [2.45, 2.75) is 6.61 Å². The monoisotopic (exact) mass is 105 g/mol. The van der Waals surface area contributed by atoms with Crippen LogP contribution < -0.4 is 4.74 Å². The third-order valence-electron chi connectivity index (χ3n) is 1.27. The van der Waals surface area contributed by atoms with E-state index >= 15 is 0 Å². The summed E-state index contributed by atoms with van der Waals surface area (Å²) in [6.07, 6.45) is 0. The van der Waals surface area contributed by atoms with Crippen LogP contribution in [0.2, 0.25) is 0 Å². The molecular formula is C7H5O. The van der Waals surface area contributed by atoms with Crippen molar-refractivity contribution in [1.29, 1.82) is 0 Å². The van der Waals surface area contributed by atoms with Gasteiger partial charge in [-0.15, -0.1) is 0 Å². The van der Waals surface area contributed by atoms with Gasteiger partial charge in [0, 0.05) is 5.56 Å². The van der Waals surface area contributed by atoms with Gasteiger partial charge in [-0.2, -0.15) is 0 Å². The topological polar surface area (TPSA) is 9.23 Å². The lowest BCUT2D eigenvalue weighted by molar-refractivity contribution is 0.243. The molecule has 0 spiro atoms. The van der Waals surface area contributed by atoms with E-state index in [0.29, 0.717) is 0 Å². The maximum atomic E-state index is 5.04. The molecule has 0 atom stereocenters. The van der Waals surface area contributed by atoms with E-state index in [-0.39, 0.29) is 0 Å². The van der Waals surface area contributed by atoms with Crippen molar-refractivity contribution in [3.8, 4) is 5.75 Å². The van der Waals surface area contributed by atoms with Gasteiger partial charge in [-0.1, -0.05) is 12.1 Å². The maximum absolute atomic E-state index is 5.04. The highest BCUT2D eigenvalue weighted by atomic mass is 16.5. The van der Waals surface area contributed by atoms with Crippen molar-refractivity contribution in [3.63, 3.8) is 0 Å². The highest BCUT2D eigenvalue weighted by Crippen LogP contribution is 2.26. The number of rotatable bonds is 0. The molecule has 0 fully saturated rings. The molecule has 1 aromatic rings. The van der Waals surface area contributed by atoms with Crippen molar-refractivity contribution in [2.75, 3.05) is 0 Å². The zero-order valence-electron chi connectivity index (χ0n) is 4.35. The first-order valence-electron chi connectivity index (χ1n) is 2.59. The van der Waals surface area contributed by atoms with Crippen LogP contribution in [0.15, 0.2) is 18.2 Å². The Bertz CT molecular complexity index is 182. The Morgan fingerprint density at radius 1 is 1.62 bits per heavy atom. The molecule has 0 bridgehead atoms. The fourth-order valence-corrected chi connectivity index (χ4v) is 0.773. The van der Waals surface area contributed by atoms with Gasteiger partial charge in [0.2, 0.25) is 0 Å². The number of hydrogen-bond donors (Lipinski definition) is 0. The van der Waals surface area contributed by atoms with Crippen molar-refractivity contribution in [3.05, 3.63) is 29.8 Å². The molecule has 0 amide bonds. The first kappa shape index (κ1) is 3.96. The van der Waals surface area contributed by atoms with E-state index in [1.54, 1.807) is 0 Å². The van der Waals surface area contributed by atoms with E-state index in [4.69, 9.17) is 4.74 Å². The van der Waals surface area contributed by atoms with Gasteiger partial charge >= 0.3 is 0 Å². The second-order valence-corrected chi connectivity index (χ2v) is 1.80. The van der Waals surface area contributed by atoms with Gasteiger partial charge in [0.1, 0.15) is 12.4 Å². The lowest BCUT2D eigenvalue weighted by Crippen LogP contribution is -2.08. The second-order valence-electron chi connectivity index (χ2n) is 1.80. The van der Waals surface area contributed by atoms with E-state index < -0.39 is 0 Å². The van der Waals surface area contributed by atoms with Gasteiger partial charge in [0.25, 0.3) is 0 Å². The van der Waals surface area contributed by atoms with Crippen LogP contribution in [0, 0.1) is 6.07 Å². The fraction of sp³-hybridized carbons (Fsp3) is 0.143. The first-order chi connectivity index (χ1) is 3.97. The van der Waals surface area contributed by atoms with Crippen LogP contribution in [0.25, 0.3) is 0 Å². The highest BCUT2D eigenvalue weighted by Gasteiger charge is 2.11. The molecule has 1 heterocycles. The van der Waals surface area contributed by atoms with Crippen LogP contribution in [0.1, 0.15) is 5.56 Å². The Morgan fingerprint density at radius 3 is 3.00 bits per heavy atom. The molecule has 1 aromatic carbocycles. The Balaban J connectivity index is 2.62. The molecule has 2 rings (SSSR count).